The first-order chi connectivity index (χ1) is 11.8. The summed E-state index contributed by atoms with van der Waals surface area (Å²) < 4.78 is 2.06. The predicted molar refractivity (Wildman–Crippen MR) is 88.6 cm³/mol. The molecular formula is C17H18N6O. The fraction of sp³-hybridized carbons (Fsp3) is 0.471. The van der Waals surface area contributed by atoms with E-state index in [-0.39, 0.29) is 17.9 Å². The highest BCUT2D eigenvalue weighted by Gasteiger charge is 2.55. The monoisotopic (exact) mass is 322 g/mol. The smallest absolute Gasteiger partial charge is 0.154 e. The second kappa shape index (κ2) is 4.71. The first-order valence-electron chi connectivity index (χ1n) is 8.35. The number of aromatic amines is 1. The number of aromatic nitrogens is 4. The number of rotatable bonds is 2. The third-order valence-corrected chi connectivity index (χ3v) is 5.75. The zero-order chi connectivity index (χ0) is 16.3. The lowest BCUT2D eigenvalue weighted by atomic mass is 9.92. The quantitative estimate of drug-likeness (QED) is 0.748. The van der Waals surface area contributed by atoms with Gasteiger partial charge in [0, 0.05) is 24.7 Å². The summed E-state index contributed by atoms with van der Waals surface area (Å²) in [4.78, 5) is 12.1. The van der Waals surface area contributed by atoms with Gasteiger partial charge in [-0.25, -0.2) is 14.6 Å². The lowest BCUT2D eigenvalue weighted by Gasteiger charge is -2.35. The van der Waals surface area contributed by atoms with E-state index in [9.17, 15) is 5.11 Å². The van der Waals surface area contributed by atoms with Crippen molar-refractivity contribution in [3.8, 4) is 6.07 Å². The molecule has 0 amide bonds. The Kier molecular flexibility index (Phi) is 2.71. The maximum atomic E-state index is 9.79. The van der Waals surface area contributed by atoms with Gasteiger partial charge < -0.3 is 15.1 Å². The summed E-state index contributed by atoms with van der Waals surface area (Å²) in [7, 11) is 0. The molecule has 3 aromatic rings. The predicted octanol–water partition coefficient (Wildman–Crippen LogP) is 1.67. The standard InChI is InChI=1S/C17H18N6O/c18-8-11-7-17(11)2-5-22(6-3-17)23-14(10-24)21-13-9-20-16-12(15(13)23)1-4-19-16/h1,4,9,11,24H,2-3,5-7,10H2,(H,19,20). The van der Waals surface area contributed by atoms with Crippen molar-refractivity contribution in [3.63, 3.8) is 0 Å². The molecule has 2 fully saturated rings. The molecule has 24 heavy (non-hydrogen) atoms. The van der Waals surface area contributed by atoms with Gasteiger partial charge in [0.05, 0.1) is 18.2 Å². The Morgan fingerprint density at radius 3 is 2.96 bits per heavy atom. The van der Waals surface area contributed by atoms with Gasteiger partial charge in [0.25, 0.3) is 0 Å². The molecule has 7 nitrogen and oxygen atoms in total. The highest BCUT2D eigenvalue weighted by Crippen LogP contribution is 2.58. The summed E-state index contributed by atoms with van der Waals surface area (Å²) in [5.41, 5.74) is 2.86. The van der Waals surface area contributed by atoms with Gasteiger partial charge in [-0.3, -0.25) is 0 Å². The molecule has 1 unspecified atom stereocenters. The second-order valence-electron chi connectivity index (χ2n) is 6.93. The normalized spacial score (nSPS) is 22.3. The second-order valence-corrected chi connectivity index (χ2v) is 6.93. The van der Waals surface area contributed by atoms with Crippen molar-refractivity contribution in [2.45, 2.75) is 25.9 Å². The van der Waals surface area contributed by atoms with Gasteiger partial charge in [-0.15, -0.1) is 0 Å². The number of aliphatic hydroxyl groups is 1. The molecule has 3 aromatic heterocycles. The van der Waals surface area contributed by atoms with Crippen LogP contribution < -0.4 is 5.01 Å². The molecule has 1 atom stereocenters. The largest absolute Gasteiger partial charge is 0.388 e. The number of H-pyrrole nitrogens is 1. The lowest BCUT2D eigenvalue weighted by Crippen LogP contribution is -2.43. The summed E-state index contributed by atoms with van der Waals surface area (Å²) in [6.45, 7) is 1.65. The topological polar surface area (TPSA) is 93.8 Å². The van der Waals surface area contributed by atoms with Gasteiger partial charge in [-0.1, -0.05) is 0 Å². The summed E-state index contributed by atoms with van der Waals surface area (Å²) in [6, 6.07) is 4.43. The summed E-state index contributed by atoms with van der Waals surface area (Å²) in [6.07, 6.45) is 6.72. The Labute approximate surface area is 138 Å². The van der Waals surface area contributed by atoms with Gasteiger partial charge in [0.1, 0.15) is 23.3 Å². The van der Waals surface area contributed by atoms with E-state index in [1.54, 1.807) is 6.20 Å². The van der Waals surface area contributed by atoms with Crippen molar-refractivity contribution in [2.75, 3.05) is 18.1 Å². The number of imidazole rings is 1. The van der Waals surface area contributed by atoms with Crippen molar-refractivity contribution in [1.29, 1.82) is 5.26 Å². The third-order valence-electron chi connectivity index (χ3n) is 5.75. The van der Waals surface area contributed by atoms with Crippen LogP contribution in [0.25, 0.3) is 22.1 Å². The van der Waals surface area contributed by atoms with E-state index in [4.69, 9.17) is 5.26 Å². The molecule has 1 aliphatic carbocycles. The zero-order valence-corrected chi connectivity index (χ0v) is 13.2. The SMILES string of the molecule is N#CC1CC12CCN(n1c(CO)nc3cnc4[nH]ccc4c31)CC2. The number of nitrogens with one attached hydrogen (secondary N) is 1. The molecule has 0 radical (unpaired) electrons. The number of hydrogen-bond donors (Lipinski definition) is 2. The number of hydrogen-bond acceptors (Lipinski definition) is 5. The van der Waals surface area contributed by atoms with E-state index >= 15 is 0 Å². The first-order valence-corrected chi connectivity index (χ1v) is 8.35. The Morgan fingerprint density at radius 1 is 1.42 bits per heavy atom. The van der Waals surface area contributed by atoms with E-state index < -0.39 is 0 Å². The number of nitrogens with zero attached hydrogens (tertiary/aromatic N) is 5. The lowest BCUT2D eigenvalue weighted by molar-refractivity contribution is 0.258. The van der Waals surface area contributed by atoms with Crippen LogP contribution in [0.15, 0.2) is 18.5 Å². The van der Waals surface area contributed by atoms with E-state index in [1.165, 1.54) is 0 Å². The molecule has 0 bridgehead atoms. The van der Waals surface area contributed by atoms with Crippen molar-refractivity contribution in [3.05, 3.63) is 24.3 Å². The molecule has 122 valence electrons. The van der Waals surface area contributed by atoms with Crippen LogP contribution in [0.3, 0.4) is 0 Å². The molecule has 1 saturated carbocycles. The molecular weight excluding hydrogens is 304 g/mol. The van der Waals surface area contributed by atoms with E-state index in [2.05, 4.69) is 30.7 Å². The number of aliphatic hydroxyl groups excluding tert-OH is 1. The van der Waals surface area contributed by atoms with Crippen LogP contribution >= 0.6 is 0 Å². The molecule has 1 saturated heterocycles. The van der Waals surface area contributed by atoms with Crippen LogP contribution in [0.4, 0.5) is 0 Å². The minimum absolute atomic E-state index is 0.108. The van der Waals surface area contributed by atoms with Crippen LogP contribution in [0.1, 0.15) is 25.1 Å². The van der Waals surface area contributed by atoms with Crippen molar-refractivity contribution >= 4 is 22.1 Å². The fourth-order valence-corrected chi connectivity index (χ4v) is 4.23. The van der Waals surface area contributed by atoms with Gasteiger partial charge in [-0.2, -0.15) is 5.26 Å². The van der Waals surface area contributed by atoms with Crippen molar-refractivity contribution in [1.82, 2.24) is 19.6 Å². The summed E-state index contributed by atoms with van der Waals surface area (Å²) >= 11 is 0. The molecule has 1 aliphatic heterocycles. The van der Waals surface area contributed by atoms with Crippen LogP contribution in [0, 0.1) is 22.7 Å². The molecule has 7 heteroatoms. The van der Waals surface area contributed by atoms with Gasteiger partial charge in [0.15, 0.2) is 5.82 Å². The Balaban J connectivity index is 1.59. The summed E-state index contributed by atoms with van der Waals surface area (Å²) in [5, 5.41) is 22.2. The van der Waals surface area contributed by atoms with Crippen LogP contribution in [0.5, 0.6) is 0 Å². The minimum Gasteiger partial charge on any atom is -0.388 e. The van der Waals surface area contributed by atoms with Crippen LogP contribution in [-0.4, -0.2) is 37.8 Å². The van der Waals surface area contributed by atoms with E-state index in [1.807, 2.05) is 12.3 Å². The minimum atomic E-state index is -0.108. The van der Waals surface area contributed by atoms with E-state index in [0.717, 1.165) is 54.4 Å². The highest BCUT2D eigenvalue weighted by molar-refractivity contribution is 6.01. The molecule has 4 heterocycles. The molecule has 0 aromatic carbocycles. The molecule has 2 N–H and O–H groups in total. The Hall–Kier alpha value is -2.59. The first kappa shape index (κ1) is 13.8. The maximum absolute atomic E-state index is 9.79. The number of piperidine rings is 1. The van der Waals surface area contributed by atoms with Gasteiger partial charge in [0.2, 0.25) is 0 Å². The molecule has 1 spiro atoms. The van der Waals surface area contributed by atoms with Crippen LogP contribution in [0.2, 0.25) is 0 Å². The Morgan fingerprint density at radius 2 is 2.25 bits per heavy atom. The third kappa shape index (κ3) is 1.74. The maximum Gasteiger partial charge on any atom is 0.154 e. The fourth-order valence-electron chi connectivity index (χ4n) is 4.23. The summed E-state index contributed by atoms with van der Waals surface area (Å²) in [5.74, 6) is 0.876. The van der Waals surface area contributed by atoms with Gasteiger partial charge >= 0.3 is 0 Å². The molecule has 5 rings (SSSR count). The van der Waals surface area contributed by atoms with Crippen molar-refractivity contribution < 1.29 is 5.11 Å². The highest BCUT2D eigenvalue weighted by atomic mass is 16.3. The number of pyridine rings is 1. The Bertz CT molecular complexity index is 972. The number of fused-ring (bicyclic) bond motifs is 3. The molecule has 2 aliphatic rings. The average Bonchev–Trinajstić information content (AvgIpc) is 2.98. The van der Waals surface area contributed by atoms with Gasteiger partial charge in [-0.05, 0) is 30.7 Å². The number of nitriles is 1. The van der Waals surface area contributed by atoms with E-state index in [0.29, 0.717) is 5.82 Å². The average molecular weight is 322 g/mol. The van der Waals surface area contributed by atoms with Crippen LogP contribution in [-0.2, 0) is 6.61 Å². The van der Waals surface area contributed by atoms with Crippen molar-refractivity contribution in [2.24, 2.45) is 11.3 Å². The zero-order valence-electron chi connectivity index (χ0n) is 13.2.